The Labute approximate surface area is 157 Å². The zero-order valence-corrected chi connectivity index (χ0v) is 15.7. The minimum atomic E-state index is -0.972. The number of carboxylic acids is 1. The number of aliphatic imine (C=N–C) groups is 1. The Morgan fingerprint density at radius 1 is 1.40 bits per heavy atom. The molecule has 25 heavy (non-hydrogen) atoms. The van der Waals surface area contributed by atoms with Gasteiger partial charge < -0.3 is 9.84 Å². The standard InChI is InChI=1S/C17H13Cl2NO4S/c1-7-9(5-13(21)22)14-11(20-7)4-10(17(24-2)15(14)19)16(23)8-3-12(18)25-6-8/h3,6H,4-5H2,1-2H3,(H,21,22). The highest BCUT2D eigenvalue weighted by atomic mass is 35.5. The van der Waals surface area contributed by atoms with Crippen molar-refractivity contribution in [2.75, 3.05) is 7.11 Å². The molecule has 5 nitrogen and oxygen atoms in total. The number of fused-ring (bicyclic) bond motifs is 1. The molecule has 0 aromatic carbocycles. The molecule has 0 spiro atoms. The monoisotopic (exact) mass is 397 g/mol. The smallest absolute Gasteiger partial charge is 0.307 e. The van der Waals surface area contributed by atoms with Crippen molar-refractivity contribution >= 4 is 52.0 Å². The molecule has 0 unspecified atom stereocenters. The van der Waals surface area contributed by atoms with Crippen LogP contribution in [0.5, 0.6) is 0 Å². The van der Waals surface area contributed by atoms with E-state index in [-0.39, 0.29) is 29.4 Å². The normalized spacial score (nSPS) is 17.0. The highest BCUT2D eigenvalue weighted by molar-refractivity contribution is 7.14. The maximum absolute atomic E-state index is 12.8. The van der Waals surface area contributed by atoms with Crippen LogP contribution in [0.25, 0.3) is 0 Å². The summed E-state index contributed by atoms with van der Waals surface area (Å²) < 4.78 is 5.89. The molecule has 3 rings (SSSR count). The van der Waals surface area contributed by atoms with Gasteiger partial charge in [0.15, 0.2) is 5.78 Å². The summed E-state index contributed by atoms with van der Waals surface area (Å²) in [6.07, 6.45) is 0.0340. The topological polar surface area (TPSA) is 76.0 Å². The lowest BCUT2D eigenvalue weighted by Crippen LogP contribution is -2.19. The number of aliphatic carboxylic acids is 1. The van der Waals surface area contributed by atoms with Crippen molar-refractivity contribution in [3.63, 3.8) is 0 Å². The molecule has 0 bridgehead atoms. The van der Waals surface area contributed by atoms with Crippen LogP contribution in [0.2, 0.25) is 4.34 Å². The molecule has 0 amide bonds. The van der Waals surface area contributed by atoms with Gasteiger partial charge in [-0.25, -0.2) is 0 Å². The summed E-state index contributed by atoms with van der Waals surface area (Å²) in [5.74, 6) is -0.953. The second-order valence-electron chi connectivity index (χ2n) is 5.54. The molecule has 1 aliphatic heterocycles. The van der Waals surface area contributed by atoms with Gasteiger partial charge in [-0.05, 0) is 18.6 Å². The predicted octanol–water partition coefficient (Wildman–Crippen LogP) is 4.58. The van der Waals surface area contributed by atoms with Crippen LogP contribution >= 0.6 is 34.5 Å². The maximum atomic E-state index is 12.8. The van der Waals surface area contributed by atoms with E-state index in [0.717, 1.165) is 0 Å². The molecule has 0 saturated carbocycles. The van der Waals surface area contributed by atoms with Crippen molar-refractivity contribution in [3.05, 3.63) is 54.6 Å². The minimum absolute atomic E-state index is 0.190. The van der Waals surface area contributed by atoms with E-state index in [2.05, 4.69) is 4.99 Å². The summed E-state index contributed by atoms with van der Waals surface area (Å²) in [4.78, 5) is 28.4. The lowest BCUT2D eigenvalue weighted by atomic mass is 9.87. The van der Waals surface area contributed by atoms with Crippen LogP contribution in [0, 0.1) is 0 Å². The van der Waals surface area contributed by atoms with Crippen LogP contribution in [0.1, 0.15) is 30.1 Å². The van der Waals surface area contributed by atoms with Crippen molar-refractivity contribution in [1.29, 1.82) is 0 Å². The first-order valence-electron chi connectivity index (χ1n) is 7.29. The first kappa shape index (κ1) is 17.9. The molecule has 130 valence electrons. The Kier molecular flexibility index (Phi) is 4.86. The van der Waals surface area contributed by atoms with E-state index in [1.807, 2.05) is 0 Å². The lowest BCUT2D eigenvalue weighted by Gasteiger charge is -2.21. The number of hydrogen-bond donors (Lipinski definition) is 1. The number of methoxy groups -OCH3 is 1. The minimum Gasteiger partial charge on any atom is -0.495 e. The average Bonchev–Trinajstić information content (AvgIpc) is 3.10. The molecule has 1 aliphatic carbocycles. The van der Waals surface area contributed by atoms with Crippen LogP contribution in [-0.4, -0.2) is 29.7 Å². The number of thiophene rings is 1. The number of carboxylic acid groups (broad SMARTS) is 1. The van der Waals surface area contributed by atoms with Crippen LogP contribution in [-0.2, 0) is 9.53 Å². The van der Waals surface area contributed by atoms with Gasteiger partial charge in [0, 0.05) is 34.2 Å². The first-order chi connectivity index (χ1) is 11.8. The summed E-state index contributed by atoms with van der Waals surface area (Å²) in [5.41, 5.74) is 3.12. The molecule has 0 fully saturated rings. The lowest BCUT2D eigenvalue weighted by molar-refractivity contribution is -0.136. The van der Waals surface area contributed by atoms with Gasteiger partial charge in [-0.3, -0.25) is 14.6 Å². The van der Waals surface area contributed by atoms with Gasteiger partial charge in [0.1, 0.15) is 5.76 Å². The molecular weight excluding hydrogens is 385 g/mol. The van der Waals surface area contributed by atoms with Gasteiger partial charge in [-0.15, -0.1) is 11.3 Å². The Hall–Kier alpha value is -1.89. The molecule has 1 aromatic rings. The van der Waals surface area contributed by atoms with Gasteiger partial charge in [0.2, 0.25) is 0 Å². The number of carbonyl (C=O) groups is 2. The third kappa shape index (κ3) is 3.17. The molecule has 2 heterocycles. The average molecular weight is 398 g/mol. The van der Waals surface area contributed by atoms with Crippen LogP contribution in [0.4, 0.5) is 0 Å². The quantitative estimate of drug-likeness (QED) is 0.737. The number of rotatable bonds is 5. The first-order valence-corrected chi connectivity index (χ1v) is 8.93. The number of carbonyl (C=O) groups excluding carboxylic acids is 1. The second kappa shape index (κ2) is 6.78. The second-order valence-corrected chi connectivity index (χ2v) is 7.46. The van der Waals surface area contributed by atoms with Crippen LogP contribution in [0.15, 0.2) is 49.6 Å². The summed E-state index contributed by atoms with van der Waals surface area (Å²) in [5, 5.41) is 11.0. The fraction of sp³-hybridized carbons (Fsp3) is 0.235. The summed E-state index contributed by atoms with van der Waals surface area (Å²) in [6, 6.07) is 1.60. The summed E-state index contributed by atoms with van der Waals surface area (Å²) in [7, 11) is 1.43. The van der Waals surface area contributed by atoms with Crippen LogP contribution in [0.3, 0.4) is 0 Å². The van der Waals surface area contributed by atoms with E-state index < -0.39 is 5.97 Å². The van der Waals surface area contributed by atoms with Gasteiger partial charge >= 0.3 is 5.97 Å². The number of halogens is 2. The van der Waals surface area contributed by atoms with Gasteiger partial charge in [0.05, 0.1) is 28.6 Å². The summed E-state index contributed by atoms with van der Waals surface area (Å²) in [6.45, 7) is 1.73. The number of ketones is 1. The van der Waals surface area contributed by atoms with Crippen molar-refractivity contribution in [2.24, 2.45) is 4.99 Å². The predicted molar refractivity (Wildman–Crippen MR) is 97.6 cm³/mol. The zero-order valence-electron chi connectivity index (χ0n) is 13.4. The van der Waals surface area contributed by atoms with E-state index in [1.54, 1.807) is 18.4 Å². The third-order valence-corrected chi connectivity index (χ3v) is 5.45. The fourth-order valence-electron chi connectivity index (χ4n) is 2.93. The molecular formula is C17H13Cl2NO4S. The number of hydrogen-bond acceptors (Lipinski definition) is 5. The van der Waals surface area contributed by atoms with E-state index in [9.17, 15) is 9.59 Å². The number of allylic oxidation sites excluding steroid dienone is 4. The largest absolute Gasteiger partial charge is 0.495 e. The van der Waals surface area contributed by atoms with Gasteiger partial charge in [-0.2, -0.15) is 0 Å². The van der Waals surface area contributed by atoms with Crippen molar-refractivity contribution in [3.8, 4) is 0 Å². The number of ether oxygens (including phenoxy) is 1. The SMILES string of the molecule is COC1=C(C(=O)c2csc(Cl)c2)CC2=NC(C)=C(CC(=O)O)C2=C1Cl. The highest BCUT2D eigenvalue weighted by Crippen LogP contribution is 2.42. The Bertz CT molecular complexity index is 921. The van der Waals surface area contributed by atoms with Gasteiger partial charge in [0.25, 0.3) is 0 Å². The number of Topliss-reactive ketones (excluding diaryl/α,β-unsaturated/α-hetero) is 1. The van der Waals surface area contributed by atoms with Crippen molar-refractivity contribution < 1.29 is 19.4 Å². The molecule has 0 atom stereocenters. The van der Waals surface area contributed by atoms with Crippen molar-refractivity contribution in [1.82, 2.24) is 0 Å². The Balaban J connectivity index is 2.09. The highest BCUT2D eigenvalue weighted by Gasteiger charge is 2.35. The fourth-order valence-corrected chi connectivity index (χ4v) is 4.20. The summed E-state index contributed by atoms with van der Waals surface area (Å²) >= 11 is 13.7. The Morgan fingerprint density at radius 3 is 2.68 bits per heavy atom. The third-order valence-electron chi connectivity index (χ3n) is 4.00. The molecule has 1 aromatic heterocycles. The van der Waals surface area contributed by atoms with Crippen molar-refractivity contribution in [2.45, 2.75) is 19.8 Å². The molecule has 1 N–H and O–H groups in total. The zero-order chi connectivity index (χ0) is 18.3. The van der Waals surface area contributed by atoms with Crippen LogP contribution < -0.4 is 0 Å². The molecule has 8 heteroatoms. The van der Waals surface area contributed by atoms with Gasteiger partial charge in [-0.1, -0.05) is 23.2 Å². The molecule has 0 saturated heterocycles. The Morgan fingerprint density at radius 2 is 2.12 bits per heavy atom. The molecule has 2 aliphatic rings. The number of nitrogens with zero attached hydrogens (tertiary/aromatic N) is 1. The van der Waals surface area contributed by atoms with E-state index in [4.69, 9.17) is 33.0 Å². The van der Waals surface area contributed by atoms with E-state index in [0.29, 0.717) is 38.0 Å². The van der Waals surface area contributed by atoms with E-state index in [1.165, 1.54) is 18.4 Å². The maximum Gasteiger partial charge on any atom is 0.307 e. The van der Waals surface area contributed by atoms with E-state index >= 15 is 0 Å². The molecule has 0 radical (unpaired) electrons.